The van der Waals surface area contributed by atoms with Gasteiger partial charge in [0, 0.05) is 4.88 Å². The van der Waals surface area contributed by atoms with Crippen LogP contribution in [-0.4, -0.2) is 51.5 Å². The molecular formula is C31H33N5O5S2. The number of esters is 1. The van der Waals surface area contributed by atoms with E-state index in [1.54, 1.807) is 25.5 Å². The van der Waals surface area contributed by atoms with Crippen LogP contribution < -0.4 is 15.4 Å². The molecule has 12 heteroatoms. The molecule has 2 amide bonds. The van der Waals surface area contributed by atoms with Crippen LogP contribution in [0.25, 0.3) is 5.69 Å². The number of ether oxygens (including phenoxy) is 2. The molecule has 224 valence electrons. The normalized spacial score (nSPS) is 12.8. The summed E-state index contributed by atoms with van der Waals surface area (Å²) < 4.78 is 12.7. The zero-order valence-corrected chi connectivity index (χ0v) is 25.8. The van der Waals surface area contributed by atoms with Crippen molar-refractivity contribution in [2.75, 3.05) is 19.0 Å². The van der Waals surface area contributed by atoms with E-state index in [9.17, 15) is 14.4 Å². The van der Waals surface area contributed by atoms with Crippen molar-refractivity contribution in [3.05, 3.63) is 82.0 Å². The third kappa shape index (κ3) is 6.91. The maximum Gasteiger partial charge on any atom is 0.341 e. The lowest BCUT2D eigenvalue weighted by molar-refractivity contribution is -0.120. The first-order valence-corrected chi connectivity index (χ1v) is 15.8. The van der Waals surface area contributed by atoms with Crippen LogP contribution in [0.4, 0.5) is 5.00 Å². The zero-order chi connectivity index (χ0) is 30.3. The molecule has 0 saturated carbocycles. The highest BCUT2D eigenvalue weighted by Gasteiger charge is 2.30. The number of rotatable bonds is 12. The number of hydrogen-bond acceptors (Lipinski definition) is 9. The van der Waals surface area contributed by atoms with Crippen LogP contribution in [0.2, 0.25) is 0 Å². The van der Waals surface area contributed by atoms with Gasteiger partial charge in [-0.25, -0.2) is 4.79 Å². The molecule has 0 unspecified atom stereocenters. The molecule has 2 N–H and O–H groups in total. The SMILES string of the molecule is CCOC(=O)c1c(NC(=O)[C@@H](C)Sc2nnc(CNC(=O)Cc3ccccc3)n2-c2ccccc2OC)sc2c1CCC2. The maximum atomic E-state index is 13.4. The van der Waals surface area contributed by atoms with Crippen LogP contribution in [0.5, 0.6) is 5.75 Å². The van der Waals surface area contributed by atoms with Gasteiger partial charge in [0.25, 0.3) is 0 Å². The van der Waals surface area contributed by atoms with E-state index < -0.39 is 11.2 Å². The smallest absolute Gasteiger partial charge is 0.341 e. The van der Waals surface area contributed by atoms with Crippen LogP contribution >= 0.6 is 23.1 Å². The number of methoxy groups -OCH3 is 1. The van der Waals surface area contributed by atoms with Gasteiger partial charge in [-0.1, -0.05) is 54.2 Å². The molecular weight excluding hydrogens is 587 g/mol. The lowest BCUT2D eigenvalue weighted by Crippen LogP contribution is -2.26. The van der Waals surface area contributed by atoms with Crippen molar-refractivity contribution in [1.29, 1.82) is 0 Å². The van der Waals surface area contributed by atoms with E-state index in [4.69, 9.17) is 9.47 Å². The number of aryl methyl sites for hydroxylation is 1. The minimum Gasteiger partial charge on any atom is -0.495 e. The Kier molecular flexibility index (Phi) is 9.78. The number of fused-ring (bicyclic) bond motifs is 1. The van der Waals surface area contributed by atoms with Crippen LogP contribution in [-0.2, 0) is 40.1 Å². The molecule has 0 radical (unpaired) electrons. The van der Waals surface area contributed by atoms with Gasteiger partial charge in [0.2, 0.25) is 11.8 Å². The summed E-state index contributed by atoms with van der Waals surface area (Å²) in [5.41, 5.74) is 3.03. The average molecular weight is 620 g/mol. The van der Waals surface area contributed by atoms with Gasteiger partial charge in [0.05, 0.1) is 43.2 Å². The zero-order valence-electron chi connectivity index (χ0n) is 24.2. The molecule has 0 saturated heterocycles. The van der Waals surface area contributed by atoms with Crippen LogP contribution in [0.15, 0.2) is 59.8 Å². The number of para-hydroxylation sites is 2. The summed E-state index contributed by atoms with van der Waals surface area (Å²) in [6.07, 6.45) is 2.91. The lowest BCUT2D eigenvalue weighted by Gasteiger charge is -2.16. The maximum absolute atomic E-state index is 13.4. The van der Waals surface area contributed by atoms with Gasteiger partial charge in [0.15, 0.2) is 11.0 Å². The van der Waals surface area contributed by atoms with Crippen LogP contribution in [0, 0.1) is 0 Å². The van der Waals surface area contributed by atoms with Crippen molar-refractivity contribution >= 4 is 45.9 Å². The molecule has 0 aliphatic heterocycles. The second kappa shape index (κ2) is 13.9. The monoisotopic (exact) mass is 619 g/mol. The van der Waals surface area contributed by atoms with E-state index in [0.29, 0.717) is 33.0 Å². The van der Waals surface area contributed by atoms with E-state index in [1.807, 2.05) is 54.6 Å². The Bertz CT molecular complexity index is 1620. The van der Waals surface area contributed by atoms with Gasteiger partial charge < -0.3 is 20.1 Å². The predicted octanol–water partition coefficient (Wildman–Crippen LogP) is 4.98. The molecule has 1 aliphatic carbocycles. The molecule has 2 heterocycles. The third-order valence-corrected chi connectivity index (χ3v) is 9.22. The van der Waals surface area contributed by atoms with E-state index in [2.05, 4.69) is 20.8 Å². The first-order chi connectivity index (χ1) is 20.9. The van der Waals surface area contributed by atoms with Gasteiger partial charge in [-0.05, 0) is 56.4 Å². The number of benzene rings is 2. The molecule has 0 fully saturated rings. The van der Waals surface area contributed by atoms with Crippen molar-refractivity contribution in [3.63, 3.8) is 0 Å². The fourth-order valence-corrected chi connectivity index (χ4v) is 7.07. The molecule has 2 aromatic carbocycles. The molecule has 5 rings (SSSR count). The fraction of sp³-hybridized carbons (Fsp3) is 0.323. The summed E-state index contributed by atoms with van der Waals surface area (Å²) in [6, 6.07) is 16.9. The molecule has 1 aliphatic rings. The average Bonchev–Trinajstić information content (AvgIpc) is 3.71. The highest BCUT2D eigenvalue weighted by atomic mass is 32.2. The minimum atomic E-state index is -0.592. The first kappa shape index (κ1) is 30.3. The number of nitrogens with zero attached hydrogens (tertiary/aromatic N) is 3. The topological polar surface area (TPSA) is 124 Å². The second-order valence-corrected chi connectivity index (χ2v) is 12.3. The number of thioether (sulfide) groups is 1. The number of hydrogen-bond donors (Lipinski definition) is 2. The van der Waals surface area contributed by atoms with E-state index in [0.717, 1.165) is 35.3 Å². The first-order valence-electron chi connectivity index (χ1n) is 14.1. The molecule has 0 spiro atoms. The van der Waals surface area contributed by atoms with Gasteiger partial charge in [-0.15, -0.1) is 21.5 Å². The summed E-state index contributed by atoms with van der Waals surface area (Å²) in [4.78, 5) is 40.0. The van der Waals surface area contributed by atoms with Gasteiger partial charge >= 0.3 is 5.97 Å². The Morgan fingerprint density at radius 3 is 2.60 bits per heavy atom. The van der Waals surface area contributed by atoms with Crippen molar-refractivity contribution in [1.82, 2.24) is 20.1 Å². The molecule has 4 aromatic rings. The molecule has 43 heavy (non-hydrogen) atoms. The Labute approximate surface area is 258 Å². The van der Waals surface area contributed by atoms with Crippen LogP contribution in [0.3, 0.4) is 0 Å². The van der Waals surface area contributed by atoms with E-state index in [1.165, 1.54) is 23.1 Å². The van der Waals surface area contributed by atoms with E-state index >= 15 is 0 Å². The number of aromatic nitrogens is 3. The van der Waals surface area contributed by atoms with Gasteiger partial charge in [-0.2, -0.15) is 0 Å². The third-order valence-electron chi connectivity index (χ3n) is 6.97. The van der Waals surface area contributed by atoms with Gasteiger partial charge in [-0.3, -0.25) is 14.2 Å². The predicted molar refractivity (Wildman–Crippen MR) is 166 cm³/mol. The Morgan fingerprint density at radius 1 is 1.07 bits per heavy atom. The number of anilines is 1. The molecule has 2 aromatic heterocycles. The lowest BCUT2D eigenvalue weighted by atomic mass is 10.1. The molecule has 10 nitrogen and oxygen atoms in total. The second-order valence-electron chi connectivity index (χ2n) is 9.88. The highest BCUT2D eigenvalue weighted by Crippen LogP contribution is 2.40. The molecule has 1 atom stereocenters. The summed E-state index contributed by atoms with van der Waals surface area (Å²) in [7, 11) is 1.58. The number of carbonyl (C=O) groups excluding carboxylic acids is 3. The van der Waals surface area contributed by atoms with Crippen molar-refractivity contribution in [3.8, 4) is 11.4 Å². The summed E-state index contributed by atoms with van der Waals surface area (Å²) >= 11 is 2.66. The molecule has 0 bridgehead atoms. The number of thiophene rings is 1. The Hall–Kier alpha value is -4.16. The van der Waals surface area contributed by atoms with Gasteiger partial charge in [0.1, 0.15) is 10.8 Å². The van der Waals surface area contributed by atoms with Crippen molar-refractivity contribution in [2.45, 2.75) is 56.5 Å². The summed E-state index contributed by atoms with van der Waals surface area (Å²) in [6.45, 7) is 3.93. The minimum absolute atomic E-state index is 0.126. The Balaban J connectivity index is 1.36. The number of carbonyl (C=O) groups is 3. The largest absolute Gasteiger partial charge is 0.495 e. The fourth-order valence-electron chi connectivity index (χ4n) is 4.91. The van der Waals surface area contributed by atoms with E-state index in [-0.39, 0.29) is 31.4 Å². The quantitative estimate of drug-likeness (QED) is 0.168. The number of amides is 2. The number of nitrogens with one attached hydrogen (secondary N) is 2. The highest BCUT2D eigenvalue weighted by molar-refractivity contribution is 8.00. The summed E-state index contributed by atoms with van der Waals surface area (Å²) in [5.74, 6) is 0.240. The van der Waals surface area contributed by atoms with Crippen molar-refractivity contribution in [2.24, 2.45) is 0 Å². The van der Waals surface area contributed by atoms with Crippen LogP contribution in [0.1, 0.15) is 52.5 Å². The summed E-state index contributed by atoms with van der Waals surface area (Å²) in [5, 5.41) is 15.0. The Morgan fingerprint density at radius 2 is 1.84 bits per heavy atom. The van der Waals surface area contributed by atoms with Crippen molar-refractivity contribution < 1.29 is 23.9 Å². The standard InChI is InChI=1S/C31H33N5O5S2/c1-4-41-30(39)27-21-13-10-16-24(21)43-29(27)33-28(38)19(2)42-31-35-34-25(36(31)22-14-8-9-15-23(22)40-3)18-32-26(37)17-20-11-6-5-7-12-20/h5-9,11-12,14-15,19H,4,10,13,16-18H2,1-3H3,(H,32,37)(H,33,38)/t19-/m1/s1.